The zero-order chi connectivity index (χ0) is 6.15. The summed E-state index contributed by atoms with van der Waals surface area (Å²) in [6.07, 6.45) is -1.98. The number of aliphatic hydroxyl groups is 2. The maximum atomic E-state index is 10.3. The summed E-state index contributed by atoms with van der Waals surface area (Å²) in [6.45, 7) is 0. The van der Waals surface area contributed by atoms with Gasteiger partial charge in [0.15, 0.2) is 0 Å². The fraction of sp³-hybridized carbons (Fsp3) is 0.750. The molecule has 8 heavy (non-hydrogen) atoms. The first kappa shape index (κ1) is 6.07. The van der Waals surface area contributed by atoms with Gasteiger partial charge in [0.25, 0.3) is 0 Å². The molecule has 0 saturated carbocycles. The van der Waals surface area contributed by atoms with Crippen LogP contribution in [0.2, 0.25) is 0 Å². The van der Waals surface area contributed by atoms with E-state index in [4.69, 9.17) is 10.2 Å². The summed E-state index contributed by atoms with van der Waals surface area (Å²) in [6, 6.07) is 0. The van der Waals surface area contributed by atoms with Crippen LogP contribution in [0.3, 0.4) is 0 Å². The minimum atomic E-state index is -1.14. The van der Waals surface area contributed by atoms with Crippen molar-refractivity contribution in [1.82, 2.24) is 0 Å². The van der Waals surface area contributed by atoms with Crippen molar-refractivity contribution in [3.05, 3.63) is 0 Å². The first-order chi connectivity index (χ1) is 3.72. The van der Waals surface area contributed by atoms with Gasteiger partial charge in [0.05, 0.1) is 6.10 Å². The van der Waals surface area contributed by atoms with Gasteiger partial charge in [-0.05, 0) is 0 Å². The van der Waals surface area contributed by atoms with Gasteiger partial charge in [-0.25, -0.2) is 0 Å². The standard InChI is InChI=1S/C4H6O3S/c5-2-1-8-4(7)3(2)6/h2-3,5-6H,1H2. The van der Waals surface area contributed by atoms with Crippen LogP contribution in [0.15, 0.2) is 0 Å². The fourth-order valence-electron chi connectivity index (χ4n) is 0.501. The summed E-state index contributed by atoms with van der Waals surface area (Å²) >= 11 is 0.975. The molecule has 0 aromatic heterocycles. The summed E-state index contributed by atoms with van der Waals surface area (Å²) < 4.78 is 0. The monoisotopic (exact) mass is 134 g/mol. The fourth-order valence-corrected chi connectivity index (χ4v) is 1.35. The summed E-state index contributed by atoms with van der Waals surface area (Å²) in [7, 11) is 0. The molecule has 2 unspecified atom stereocenters. The minimum Gasteiger partial charge on any atom is -0.389 e. The number of hydrogen-bond donors (Lipinski definition) is 2. The molecule has 0 bridgehead atoms. The van der Waals surface area contributed by atoms with Gasteiger partial charge in [-0.15, -0.1) is 0 Å². The molecular weight excluding hydrogens is 128 g/mol. The average molecular weight is 134 g/mol. The SMILES string of the molecule is O=C1SCC(O)C1O. The van der Waals surface area contributed by atoms with Crippen molar-refractivity contribution in [3.8, 4) is 0 Å². The van der Waals surface area contributed by atoms with Crippen LogP contribution < -0.4 is 0 Å². The van der Waals surface area contributed by atoms with E-state index < -0.39 is 12.2 Å². The highest BCUT2D eigenvalue weighted by Crippen LogP contribution is 2.19. The van der Waals surface area contributed by atoms with Crippen LogP contribution in [0.25, 0.3) is 0 Å². The van der Waals surface area contributed by atoms with E-state index in [0.717, 1.165) is 11.8 Å². The van der Waals surface area contributed by atoms with Crippen LogP contribution in [0.4, 0.5) is 0 Å². The highest BCUT2D eigenvalue weighted by atomic mass is 32.2. The van der Waals surface area contributed by atoms with Crippen molar-refractivity contribution < 1.29 is 15.0 Å². The Balaban J connectivity index is 2.56. The highest BCUT2D eigenvalue weighted by molar-refractivity contribution is 8.14. The first-order valence-corrected chi connectivity index (χ1v) is 3.23. The molecule has 2 N–H and O–H groups in total. The summed E-state index contributed by atoms with van der Waals surface area (Å²) in [5.74, 6) is 0.333. The Kier molecular flexibility index (Phi) is 1.55. The quantitative estimate of drug-likeness (QED) is 0.445. The topological polar surface area (TPSA) is 57.5 Å². The van der Waals surface area contributed by atoms with E-state index in [2.05, 4.69) is 0 Å². The molecule has 1 saturated heterocycles. The molecule has 0 aliphatic carbocycles. The number of carbonyl (C=O) groups excluding carboxylic acids is 1. The molecule has 0 radical (unpaired) electrons. The second-order valence-electron chi connectivity index (χ2n) is 1.64. The molecule has 0 spiro atoms. The van der Waals surface area contributed by atoms with Gasteiger partial charge in [-0.3, -0.25) is 4.79 Å². The summed E-state index contributed by atoms with van der Waals surface area (Å²) in [5.41, 5.74) is 0. The van der Waals surface area contributed by atoms with Gasteiger partial charge in [0, 0.05) is 5.75 Å². The maximum absolute atomic E-state index is 10.3. The van der Waals surface area contributed by atoms with E-state index in [9.17, 15) is 4.79 Å². The Labute approximate surface area is 50.7 Å². The molecular formula is C4H6O3S. The molecule has 2 atom stereocenters. The third kappa shape index (κ3) is 0.866. The van der Waals surface area contributed by atoms with E-state index in [-0.39, 0.29) is 5.12 Å². The molecule has 4 heteroatoms. The normalized spacial score (nSPS) is 38.5. The number of rotatable bonds is 0. The van der Waals surface area contributed by atoms with Crippen molar-refractivity contribution in [2.75, 3.05) is 5.75 Å². The molecule has 0 amide bonds. The van der Waals surface area contributed by atoms with Crippen LogP contribution in [-0.2, 0) is 4.79 Å². The first-order valence-electron chi connectivity index (χ1n) is 2.24. The number of hydrogen-bond acceptors (Lipinski definition) is 4. The zero-order valence-electron chi connectivity index (χ0n) is 4.07. The molecule has 1 heterocycles. The smallest absolute Gasteiger partial charge is 0.220 e. The Bertz CT molecular complexity index is 114. The van der Waals surface area contributed by atoms with Crippen molar-refractivity contribution in [3.63, 3.8) is 0 Å². The van der Waals surface area contributed by atoms with E-state index in [0.29, 0.717) is 5.75 Å². The van der Waals surface area contributed by atoms with E-state index in [1.807, 2.05) is 0 Å². The lowest BCUT2D eigenvalue weighted by molar-refractivity contribution is -0.121. The lowest BCUT2D eigenvalue weighted by Gasteiger charge is -2.00. The molecule has 46 valence electrons. The molecule has 1 rings (SSSR count). The van der Waals surface area contributed by atoms with Crippen molar-refractivity contribution in [1.29, 1.82) is 0 Å². The van der Waals surface area contributed by atoms with Gasteiger partial charge in [-0.1, -0.05) is 11.8 Å². The van der Waals surface area contributed by atoms with Crippen LogP contribution in [-0.4, -0.2) is 33.3 Å². The van der Waals surface area contributed by atoms with Crippen molar-refractivity contribution in [2.45, 2.75) is 12.2 Å². The molecule has 1 aliphatic heterocycles. The third-order valence-corrected chi connectivity index (χ3v) is 2.04. The second kappa shape index (κ2) is 2.05. The summed E-state index contributed by atoms with van der Waals surface area (Å²) in [4.78, 5) is 10.3. The number of carbonyl (C=O) groups is 1. The lowest BCUT2D eigenvalue weighted by Crippen LogP contribution is -2.25. The van der Waals surface area contributed by atoms with Crippen LogP contribution in [0.1, 0.15) is 0 Å². The number of aliphatic hydroxyl groups excluding tert-OH is 2. The van der Waals surface area contributed by atoms with Crippen LogP contribution >= 0.6 is 11.8 Å². The zero-order valence-corrected chi connectivity index (χ0v) is 4.89. The molecule has 3 nitrogen and oxygen atoms in total. The number of thioether (sulfide) groups is 1. The Morgan fingerprint density at radius 3 is 2.38 bits per heavy atom. The molecule has 1 aliphatic rings. The average Bonchev–Trinajstić information content (AvgIpc) is 1.98. The van der Waals surface area contributed by atoms with E-state index >= 15 is 0 Å². The Hall–Kier alpha value is -0.0600. The van der Waals surface area contributed by atoms with E-state index in [1.165, 1.54) is 0 Å². The Morgan fingerprint density at radius 1 is 1.62 bits per heavy atom. The Morgan fingerprint density at radius 2 is 2.25 bits per heavy atom. The van der Waals surface area contributed by atoms with Crippen LogP contribution in [0, 0.1) is 0 Å². The molecule has 0 aromatic rings. The third-order valence-electron chi connectivity index (χ3n) is 1.00. The van der Waals surface area contributed by atoms with Gasteiger partial charge in [0.1, 0.15) is 6.10 Å². The van der Waals surface area contributed by atoms with Gasteiger partial charge < -0.3 is 10.2 Å². The van der Waals surface area contributed by atoms with Gasteiger partial charge in [-0.2, -0.15) is 0 Å². The lowest BCUT2D eigenvalue weighted by atomic mass is 10.3. The second-order valence-corrected chi connectivity index (χ2v) is 2.67. The molecule has 0 aromatic carbocycles. The summed E-state index contributed by atoms with van der Waals surface area (Å²) in [5, 5.41) is 17.0. The predicted molar refractivity (Wildman–Crippen MR) is 29.5 cm³/mol. The van der Waals surface area contributed by atoms with Crippen molar-refractivity contribution in [2.24, 2.45) is 0 Å². The maximum Gasteiger partial charge on any atom is 0.220 e. The van der Waals surface area contributed by atoms with Crippen LogP contribution in [0.5, 0.6) is 0 Å². The molecule has 1 fully saturated rings. The predicted octanol–water partition coefficient (Wildman–Crippen LogP) is -1.02. The van der Waals surface area contributed by atoms with Gasteiger partial charge in [0.2, 0.25) is 5.12 Å². The van der Waals surface area contributed by atoms with Crippen molar-refractivity contribution >= 4 is 16.9 Å². The van der Waals surface area contributed by atoms with Gasteiger partial charge >= 0.3 is 0 Å². The minimum absolute atomic E-state index is 0.322. The van der Waals surface area contributed by atoms with E-state index in [1.54, 1.807) is 0 Å². The highest BCUT2D eigenvalue weighted by Gasteiger charge is 2.31. The largest absolute Gasteiger partial charge is 0.389 e.